The molecule has 2 unspecified atom stereocenters. The zero-order chi connectivity index (χ0) is 9.36. The lowest BCUT2D eigenvalue weighted by molar-refractivity contribution is -0.0813. The topological polar surface area (TPSA) is 55.5 Å². The number of hydrogen-bond donors (Lipinski definition) is 2. The maximum Gasteiger partial charge on any atom is 0.0946 e. The second kappa shape index (κ2) is 3.42. The molecule has 2 atom stereocenters. The van der Waals surface area contributed by atoms with Gasteiger partial charge in [-0.05, 0) is 25.0 Å². The van der Waals surface area contributed by atoms with Gasteiger partial charge in [-0.15, -0.1) is 0 Å². The van der Waals surface area contributed by atoms with Crippen molar-refractivity contribution in [2.45, 2.75) is 30.4 Å². The number of rotatable bonds is 1. The van der Waals surface area contributed by atoms with Gasteiger partial charge in [-0.3, -0.25) is 0 Å². The molecule has 4 heteroatoms. The van der Waals surface area contributed by atoms with E-state index in [1.807, 2.05) is 0 Å². The van der Waals surface area contributed by atoms with E-state index in [2.05, 4.69) is 0 Å². The van der Waals surface area contributed by atoms with E-state index in [-0.39, 0.29) is 0 Å². The monoisotopic (exact) mass is 203 g/mol. The van der Waals surface area contributed by atoms with Crippen LogP contribution in [0.1, 0.15) is 19.3 Å². The van der Waals surface area contributed by atoms with Crippen LogP contribution >= 0.6 is 11.8 Å². The summed E-state index contributed by atoms with van der Waals surface area (Å²) >= 11 is 1.79. The lowest BCUT2D eigenvalue weighted by atomic mass is 9.76. The second-order valence-electron chi connectivity index (χ2n) is 4.15. The second-order valence-corrected chi connectivity index (χ2v) is 5.25. The molecule has 2 heterocycles. The number of aliphatic hydroxyl groups is 1. The Kier molecular flexibility index (Phi) is 2.57. The van der Waals surface area contributed by atoms with Crippen LogP contribution in [0.3, 0.4) is 0 Å². The summed E-state index contributed by atoms with van der Waals surface area (Å²) < 4.78 is 5.37. The first-order valence-electron chi connectivity index (χ1n) is 4.83. The van der Waals surface area contributed by atoms with Crippen LogP contribution in [0.25, 0.3) is 0 Å². The molecule has 2 aliphatic rings. The first-order valence-corrected chi connectivity index (χ1v) is 5.99. The van der Waals surface area contributed by atoms with E-state index in [0.717, 1.165) is 37.4 Å². The van der Waals surface area contributed by atoms with Crippen LogP contribution in [0.2, 0.25) is 0 Å². The SMILES string of the molecule is NC1(C2(O)CCSC2)CCCOC1. The smallest absolute Gasteiger partial charge is 0.0946 e. The molecule has 0 radical (unpaired) electrons. The predicted molar refractivity (Wildman–Crippen MR) is 53.9 cm³/mol. The van der Waals surface area contributed by atoms with Gasteiger partial charge in [-0.25, -0.2) is 0 Å². The molecular formula is C9H17NO2S. The predicted octanol–water partition coefficient (Wildman–Crippen LogP) is 0.362. The number of thioether (sulfide) groups is 1. The third kappa shape index (κ3) is 1.61. The summed E-state index contributed by atoms with van der Waals surface area (Å²) in [5.74, 6) is 1.79. The van der Waals surface area contributed by atoms with Crippen LogP contribution < -0.4 is 5.73 Å². The van der Waals surface area contributed by atoms with Gasteiger partial charge in [0.1, 0.15) is 0 Å². The van der Waals surface area contributed by atoms with Gasteiger partial charge in [0.2, 0.25) is 0 Å². The van der Waals surface area contributed by atoms with Crippen molar-refractivity contribution in [2.75, 3.05) is 24.7 Å². The Morgan fingerprint density at radius 1 is 1.38 bits per heavy atom. The summed E-state index contributed by atoms with van der Waals surface area (Å²) in [6, 6.07) is 0. The van der Waals surface area contributed by atoms with Gasteiger partial charge in [-0.2, -0.15) is 11.8 Å². The van der Waals surface area contributed by atoms with Gasteiger partial charge >= 0.3 is 0 Å². The average Bonchev–Trinajstić information content (AvgIpc) is 2.55. The minimum atomic E-state index is -0.682. The van der Waals surface area contributed by atoms with E-state index >= 15 is 0 Å². The molecule has 3 N–H and O–H groups in total. The Morgan fingerprint density at radius 2 is 2.23 bits per heavy atom. The Bertz CT molecular complexity index is 186. The van der Waals surface area contributed by atoms with Crippen LogP contribution in [0.5, 0.6) is 0 Å². The maximum atomic E-state index is 10.3. The van der Waals surface area contributed by atoms with Crippen LogP contribution in [-0.2, 0) is 4.74 Å². The molecule has 2 fully saturated rings. The minimum absolute atomic E-state index is 0.491. The van der Waals surface area contributed by atoms with Gasteiger partial charge in [0.05, 0.1) is 17.7 Å². The van der Waals surface area contributed by atoms with Gasteiger partial charge < -0.3 is 15.6 Å². The molecule has 0 saturated carbocycles. The molecule has 2 aliphatic heterocycles. The van der Waals surface area contributed by atoms with Crippen LogP contribution in [0, 0.1) is 0 Å². The molecule has 0 bridgehead atoms. The molecule has 3 nitrogen and oxygen atoms in total. The van der Waals surface area contributed by atoms with E-state index in [4.69, 9.17) is 10.5 Å². The molecule has 13 heavy (non-hydrogen) atoms. The first kappa shape index (κ1) is 9.77. The van der Waals surface area contributed by atoms with Crippen molar-refractivity contribution in [2.24, 2.45) is 5.73 Å². The fourth-order valence-corrected chi connectivity index (χ4v) is 3.53. The average molecular weight is 203 g/mol. The van der Waals surface area contributed by atoms with Gasteiger partial charge in [-0.1, -0.05) is 0 Å². The van der Waals surface area contributed by atoms with Crippen molar-refractivity contribution in [3.63, 3.8) is 0 Å². The number of ether oxygens (including phenoxy) is 1. The van der Waals surface area contributed by atoms with Crippen LogP contribution in [0.4, 0.5) is 0 Å². The molecule has 0 aliphatic carbocycles. The lowest BCUT2D eigenvalue weighted by Crippen LogP contribution is -2.65. The lowest BCUT2D eigenvalue weighted by Gasteiger charge is -2.44. The fraction of sp³-hybridized carbons (Fsp3) is 1.00. The zero-order valence-corrected chi connectivity index (χ0v) is 8.61. The minimum Gasteiger partial charge on any atom is -0.387 e. The van der Waals surface area contributed by atoms with Crippen molar-refractivity contribution in [3.8, 4) is 0 Å². The zero-order valence-electron chi connectivity index (χ0n) is 7.79. The Labute approximate surface area is 83.0 Å². The summed E-state index contributed by atoms with van der Waals surface area (Å²) in [4.78, 5) is 0. The molecule has 0 aromatic rings. The molecule has 0 spiro atoms. The summed E-state index contributed by atoms with van der Waals surface area (Å²) in [7, 11) is 0. The molecular weight excluding hydrogens is 186 g/mol. The Balaban J connectivity index is 2.11. The number of hydrogen-bond acceptors (Lipinski definition) is 4. The third-order valence-corrected chi connectivity index (χ3v) is 4.37. The third-order valence-electron chi connectivity index (χ3n) is 3.20. The quantitative estimate of drug-likeness (QED) is 0.646. The summed E-state index contributed by atoms with van der Waals surface area (Å²) in [5.41, 5.74) is 5.04. The molecule has 2 rings (SSSR count). The highest BCUT2D eigenvalue weighted by Crippen LogP contribution is 2.39. The van der Waals surface area contributed by atoms with Crippen molar-refractivity contribution in [1.29, 1.82) is 0 Å². The van der Waals surface area contributed by atoms with E-state index in [9.17, 15) is 5.11 Å². The van der Waals surface area contributed by atoms with Crippen molar-refractivity contribution < 1.29 is 9.84 Å². The molecule has 2 saturated heterocycles. The standard InChI is InChI=1S/C9H17NO2S/c10-8(2-1-4-12-6-8)9(11)3-5-13-7-9/h11H,1-7,10H2. The normalized spacial score (nSPS) is 46.6. The van der Waals surface area contributed by atoms with E-state index in [0.29, 0.717) is 6.61 Å². The Morgan fingerprint density at radius 3 is 2.77 bits per heavy atom. The first-order chi connectivity index (χ1) is 6.16. The molecule has 0 aromatic heterocycles. The van der Waals surface area contributed by atoms with E-state index in [1.54, 1.807) is 11.8 Å². The summed E-state index contributed by atoms with van der Waals surface area (Å²) in [6.45, 7) is 1.31. The van der Waals surface area contributed by atoms with E-state index < -0.39 is 11.1 Å². The summed E-state index contributed by atoms with van der Waals surface area (Å²) in [5, 5.41) is 10.3. The highest BCUT2D eigenvalue weighted by molar-refractivity contribution is 7.99. The maximum absolute atomic E-state index is 10.3. The van der Waals surface area contributed by atoms with Crippen molar-refractivity contribution in [1.82, 2.24) is 0 Å². The van der Waals surface area contributed by atoms with Crippen LogP contribution in [-0.4, -0.2) is 41.0 Å². The largest absolute Gasteiger partial charge is 0.387 e. The fourth-order valence-electron chi connectivity index (χ4n) is 2.13. The van der Waals surface area contributed by atoms with Crippen molar-refractivity contribution >= 4 is 11.8 Å². The van der Waals surface area contributed by atoms with E-state index in [1.165, 1.54) is 0 Å². The highest BCUT2D eigenvalue weighted by Gasteiger charge is 2.50. The van der Waals surface area contributed by atoms with Gasteiger partial charge in [0.25, 0.3) is 0 Å². The highest BCUT2D eigenvalue weighted by atomic mass is 32.2. The number of nitrogens with two attached hydrogens (primary N) is 1. The molecule has 0 amide bonds. The molecule has 76 valence electrons. The summed E-state index contributed by atoms with van der Waals surface area (Å²) in [6.07, 6.45) is 2.69. The van der Waals surface area contributed by atoms with Crippen LogP contribution in [0.15, 0.2) is 0 Å². The Hall–Kier alpha value is 0.230. The molecule has 0 aromatic carbocycles. The van der Waals surface area contributed by atoms with Gasteiger partial charge in [0.15, 0.2) is 0 Å². The van der Waals surface area contributed by atoms with Gasteiger partial charge in [0, 0.05) is 12.4 Å². The van der Waals surface area contributed by atoms with Crippen molar-refractivity contribution in [3.05, 3.63) is 0 Å².